The Morgan fingerprint density at radius 3 is 2.58 bits per heavy atom. The van der Waals surface area contributed by atoms with Gasteiger partial charge in [0.05, 0.1) is 6.54 Å². The fourth-order valence-corrected chi connectivity index (χ4v) is 3.11. The maximum absolute atomic E-state index is 11.7. The molecule has 2 rings (SSSR count). The third-order valence-electron chi connectivity index (χ3n) is 3.84. The summed E-state index contributed by atoms with van der Waals surface area (Å²) >= 11 is 1.76. The maximum Gasteiger partial charge on any atom is 0.236 e. The molecule has 0 saturated carbocycles. The summed E-state index contributed by atoms with van der Waals surface area (Å²) in [7, 11) is 3.63. The lowest BCUT2D eigenvalue weighted by molar-refractivity contribution is -0.130. The molecule has 0 radical (unpaired) electrons. The van der Waals surface area contributed by atoms with Crippen molar-refractivity contribution >= 4 is 17.2 Å². The van der Waals surface area contributed by atoms with E-state index in [0.29, 0.717) is 12.6 Å². The van der Waals surface area contributed by atoms with E-state index in [2.05, 4.69) is 33.6 Å². The van der Waals surface area contributed by atoms with Gasteiger partial charge in [-0.05, 0) is 29.3 Å². The predicted molar refractivity (Wildman–Crippen MR) is 79.4 cm³/mol. The summed E-state index contributed by atoms with van der Waals surface area (Å²) in [5.74, 6) is 0.194. The number of hydrogen-bond donors (Lipinski definition) is 0. The zero-order valence-corrected chi connectivity index (χ0v) is 12.8. The van der Waals surface area contributed by atoms with Gasteiger partial charge in [-0.25, -0.2) is 0 Å². The van der Waals surface area contributed by atoms with E-state index in [9.17, 15) is 4.79 Å². The molecule has 5 heteroatoms. The number of rotatable bonds is 4. The lowest BCUT2D eigenvalue weighted by atomic mass is 10.1. The summed E-state index contributed by atoms with van der Waals surface area (Å²) in [6, 6.07) is 2.69. The first-order chi connectivity index (χ1) is 9.08. The minimum atomic E-state index is 0.194. The molecule has 4 nitrogen and oxygen atoms in total. The van der Waals surface area contributed by atoms with Gasteiger partial charge in [0.1, 0.15) is 0 Å². The van der Waals surface area contributed by atoms with E-state index in [-0.39, 0.29) is 5.91 Å². The topological polar surface area (TPSA) is 26.8 Å². The van der Waals surface area contributed by atoms with E-state index in [1.54, 1.807) is 16.2 Å². The van der Waals surface area contributed by atoms with Gasteiger partial charge in [0, 0.05) is 46.3 Å². The third-order valence-corrected chi connectivity index (χ3v) is 4.54. The zero-order valence-electron chi connectivity index (χ0n) is 12.0. The molecule has 1 atom stereocenters. The van der Waals surface area contributed by atoms with Crippen LogP contribution in [0.2, 0.25) is 0 Å². The molecule has 1 fully saturated rings. The van der Waals surface area contributed by atoms with Gasteiger partial charge in [-0.3, -0.25) is 14.6 Å². The van der Waals surface area contributed by atoms with Crippen LogP contribution in [0.25, 0.3) is 0 Å². The summed E-state index contributed by atoms with van der Waals surface area (Å²) in [6.45, 7) is 6.86. The van der Waals surface area contributed by atoms with Crippen LogP contribution in [0.5, 0.6) is 0 Å². The molecule has 1 unspecified atom stereocenters. The molecule has 1 amide bonds. The minimum Gasteiger partial charge on any atom is -0.348 e. The quantitative estimate of drug-likeness (QED) is 0.837. The second kappa shape index (κ2) is 6.50. The van der Waals surface area contributed by atoms with Crippen molar-refractivity contribution in [3.63, 3.8) is 0 Å². The standard InChI is InChI=1S/C14H23N3OS/c1-12(13-4-9-19-11-13)17-7-5-16(6-8-17)10-14(18)15(2)3/h4,9,11-12H,5-8,10H2,1-3H3. The van der Waals surface area contributed by atoms with E-state index in [4.69, 9.17) is 0 Å². The van der Waals surface area contributed by atoms with Crippen molar-refractivity contribution in [2.75, 3.05) is 46.8 Å². The van der Waals surface area contributed by atoms with Crippen molar-refractivity contribution < 1.29 is 4.79 Å². The summed E-state index contributed by atoms with van der Waals surface area (Å²) in [6.07, 6.45) is 0. The Balaban J connectivity index is 1.81. The van der Waals surface area contributed by atoms with Crippen LogP contribution < -0.4 is 0 Å². The van der Waals surface area contributed by atoms with Crippen LogP contribution in [0.3, 0.4) is 0 Å². The second-order valence-corrected chi connectivity index (χ2v) is 6.11. The Bertz CT molecular complexity index is 397. The number of hydrogen-bond acceptors (Lipinski definition) is 4. The largest absolute Gasteiger partial charge is 0.348 e. The number of likely N-dealkylation sites (N-methyl/N-ethyl adjacent to an activating group) is 1. The molecule has 1 aromatic rings. The van der Waals surface area contributed by atoms with Gasteiger partial charge >= 0.3 is 0 Å². The van der Waals surface area contributed by atoms with Crippen LogP contribution in [-0.2, 0) is 4.79 Å². The summed E-state index contributed by atoms with van der Waals surface area (Å²) in [4.78, 5) is 18.1. The fourth-order valence-electron chi connectivity index (χ4n) is 2.36. The van der Waals surface area contributed by atoms with Crippen LogP contribution in [-0.4, -0.2) is 67.4 Å². The summed E-state index contributed by atoms with van der Waals surface area (Å²) in [5, 5.41) is 4.37. The molecular formula is C14H23N3OS. The monoisotopic (exact) mass is 281 g/mol. The van der Waals surface area contributed by atoms with Crippen molar-refractivity contribution in [2.45, 2.75) is 13.0 Å². The van der Waals surface area contributed by atoms with E-state index >= 15 is 0 Å². The van der Waals surface area contributed by atoms with E-state index < -0.39 is 0 Å². The molecule has 19 heavy (non-hydrogen) atoms. The highest BCUT2D eigenvalue weighted by atomic mass is 32.1. The molecule has 1 aliphatic rings. The molecule has 0 N–H and O–H groups in total. The number of thiophene rings is 1. The molecule has 106 valence electrons. The zero-order chi connectivity index (χ0) is 13.8. The lowest BCUT2D eigenvalue weighted by Gasteiger charge is -2.37. The Morgan fingerprint density at radius 1 is 1.37 bits per heavy atom. The maximum atomic E-state index is 11.7. The van der Waals surface area contributed by atoms with Crippen molar-refractivity contribution in [2.24, 2.45) is 0 Å². The van der Waals surface area contributed by atoms with Gasteiger partial charge in [0.2, 0.25) is 5.91 Å². The Hall–Kier alpha value is -0.910. The highest BCUT2D eigenvalue weighted by Gasteiger charge is 2.23. The van der Waals surface area contributed by atoms with E-state index in [1.165, 1.54) is 5.56 Å². The number of piperazine rings is 1. The van der Waals surface area contributed by atoms with E-state index in [1.807, 2.05) is 14.1 Å². The van der Waals surface area contributed by atoms with Crippen LogP contribution in [0.15, 0.2) is 16.8 Å². The molecule has 0 aliphatic carbocycles. The SMILES string of the molecule is CC(c1ccsc1)N1CCN(CC(=O)N(C)C)CC1. The van der Waals surface area contributed by atoms with Crippen molar-refractivity contribution in [3.8, 4) is 0 Å². The predicted octanol–water partition coefficient (Wildman–Crippen LogP) is 1.51. The van der Waals surface area contributed by atoms with Crippen LogP contribution in [0.4, 0.5) is 0 Å². The number of carbonyl (C=O) groups is 1. The molecule has 1 aromatic heterocycles. The molecule has 0 aromatic carbocycles. The highest BCUT2D eigenvalue weighted by molar-refractivity contribution is 7.07. The van der Waals surface area contributed by atoms with Gasteiger partial charge in [-0.15, -0.1) is 0 Å². The summed E-state index contributed by atoms with van der Waals surface area (Å²) < 4.78 is 0. The first-order valence-corrected chi connectivity index (χ1v) is 7.71. The van der Waals surface area contributed by atoms with Crippen LogP contribution in [0, 0.1) is 0 Å². The highest BCUT2D eigenvalue weighted by Crippen LogP contribution is 2.23. The number of amides is 1. The lowest BCUT2D eigenvalue weighted by Crippen LogP contribution is -2.49. The minimum absolute atomic E-state index is 0.194. The van der Waals surface area contributed by atoms with Crippen LogP contribution >= 0.6 is 11.3 Å². The molecule has 0 spiro atoms. The second-order valence-electron chi connectivity index (χ2n) is 5.33. The van der Waals surface area contributed by atoms with Crippen molar-refractivity contribution in [3.05, 3.63) is 22.4 Å². The normalized spacial score (nSPS) is 19.3. The average molecular weight is 281 g/mol. The van der Waals surface area contributed by atoms with Gasteiger partial charge in [0.15, 0.2) is 0 Å². The Morgan fingerprint density at radius 2 is 2.05 bits per heavy atom. The molecule has 2 heterocycles. The fraction of sp³-hybridized carbons (Fsp3) is 0.643. The van der Waals surface area contributed by atoms with Crippen molar-refractivity contribution in [1.29, 1.82) is 0 Å². The van der Waals surface area contributed by atoms with E-state index in [0.717, 1.165) is 26.2 Å². The van der Waals surface area contributed by atoms with Gasteiger partial charge < -0.3 is 4.90 Å². The Labute approximate surface area is 119 Å². The van der Waals surface area contributed by atoms with Crippen LogP contribution in [0.1, 0.15) is 18.5 Å². The first-order valence-electron chi connectivity index (χ1n) is 6.76. The smallest absolute Gasteiger partial charge is 0.236 e. The first kappa shape index (κ1) is 14.5. The summed E-state index contributed by atoms with van der Waals surface area (Å²) in [5.41, 5.74) is 1.41. The van der Waals surface area contributed by atoms with Gasteiger partial charge in [0.25, 0.3) is 0 Å². The molecule has 1 aliphatic heterocycles. The Kier molecular flexibility index (Phi) is 4.96. The van der Waals surface area contributed by atoms with Gasteiger partial charge in [-0.1, -0.05) is 0 Å². The average Bonchev–Trinajstić information content (AvgIpc) is 2.92. The number of carbonyl (C=O) groups excluding carboxylic acids is 1. The van der Waals surface area contributed by atoms with Gasteiger partial charge in [-0.2, -0.15) is 11.3 Å². The number of nitrogens with zero attached hydrogens (tertiary/aromatic N) is 3. The third kappa shape index (κ3) is 3.78. The molecule has 0 bridgehead atoms. The molecular weight excluding hydrogens is 258 g/mol. The molecule has 1 saturated heterocycles. The van der Waals surface area contributed by atoms with Crippen molar-refractivity contribution in [1.82, 2.24) is 14.7 Å².